The first-order valence-corrected chi connectivity index (χ1v) is 39.2. The van der Waals surface area contributed by atoms with E-state index in [0.29, 0.717) is 53.1 Å². The highest BCUT2D eigenvalue weighted by Gasteiger charge is 2.34. The normalized spacial score (nSPS) is 14.7. The van der Waals surface area contributed by atoms with Gasteiger partial charge in [0, 0.05) is 48.5 Å². The third-order valence-electron chi connectivity index (χ3n) is 16.2. The van der Waals surface area contributed by atoms with Gasteiger partial charge in [0.1, 0.15) is 103 Å². The highest BCUT2D eigenvalue weighted by Crippen LogP contribution is 2.35. The van der Waals surface area contributed by atoms with E-state index in [9.17, 15) is 33.6 Å². The average molecular weight is 1610 g/mol. The van der Waals surface area contributed by atoms with Gasteiger partial charge in [-0.3, -0.25) is 33.6 Å². The zero-order chi connectivity index (χ0) is 81.3. The molecule has 0 aliphatic carbocycles. The second kappa shape index (κ2) is 44.8. The van der Waals surface area contributed by atoms with Crippen molar-refractivity contribution in [2.75, 3.05) is 66.1 Å². The predicted octanol–water partition coefficient (Wildman–Crippen LogP) is 0.633. The summed E-state index contributed by atoms with van der Waals surface area (Å²) in [4.78, 5) is 84.5. The Hall–Kier alpha value is -10.3. The lowest BCUT2D eigenvalue weighted by Gasteiger charge is -2.31. The lowest BCUT2D eigenvalue weighted by atomic mass is 10.2. The molecule has 1 saturated heterocycles. The van der Waals surface area contributed by atoms with Gasteiger partial charge >= 0.3 is 41.8 Å². The standard InChI is InChI=1S/C68H99N21O23Si/c1-46(90)106-60(37-97-14-13-15-113(11,12)68(8,9)10)23-83-16-53(69-76-83)30-98-38-61(107-47(2)91)24-84-17-54(70-77-84)31-99-39-62(108-48(3)92)25-85-18-55(71-78-85)32-100-40-63(109-49(4)93)26-86-19-56(72-79-86)33-101-41-64(110-50(5)94)27-87-20-57(73-80-87)34-102-42-65(111-51(6)95)28-88-21-58(74-81-88)35-103-43-66(112-52(7)96)29-89-22-59(75-82-89)36-104-44-67-45-105-67/h16-22,60-67H,14,23-45H2,1-12H3/t60-,61+,62-,63+,64-,65+,66-,67-/m1/s1. The van der Waals surface area contributed by atoms with Gasteiger partial charge in [-0.2, -0.15) is 0 Å². The van der Waals surface area contributed by atoms with Gasteiger partial charge < -0.3 is 75.8 Å². The second-order valence-corrected chi connectivity index (χ2v) is 32.9. The predicted molar refractivity (Wildman–Crippen MR) is 382 cm³/mol. The number of aromatic nitrogens is 21. The summed E-state index contributed by atoms with van der Waals surface area (Å²) in [6.45, 7) is 22.1. The van der Waals surface area contributed by atoms with E-state index < -0.39 is 92.6 Å². The zero-order valence-electron chi connectivity index (χ0n) is 65.4. The van der Waals surface area contributed by atoms with Gasteiger partial charge in [-0.05, 0) is 5.04 Å². The van der Waals surface area contributed by atoms with Crippen molar-refractivity contribution >= 4 is 49.9 Å². The number of nitrogens with zero attached hydrogens (tertiary/aromatic N) is 21. The molecule has 1 fully saturated rings. The Bertz CT molecular complexity index is 4190. The Kier molecular flexibility index (Phi) is 35.0. The Labute approximate surface area is 650 Å². The largest absolute Gasteiger partial charge is 0.458 e. The first-order valence-electron chi connectivity index (χ1n) is 36.2. The highest BCUT2D eigenvalue weighted by molar-refractivity contribution is 6.87. The van der Waals surface area contributed by atoms with Gasteiger partial charge in [-0.1, -0.05) is 76.3 Å². The van der Waals surface area contributed by atoms with E-state index in [-0.39, 0.29) is 156 Å². The summed E-state index contributed by atoms with van der Waals surface area (Å²) in [5.74, 6) is -0.584. The fourth-order valence-corrected chi connectivity index (χ4v) is 11.2. The molecule has 8 atom stereocenters. The van der Waals surface area contributed by atoms with Gasteiger partial charge in [0.15, 0.2) is 0 Å². The number of rotatable bonds is 52. The van der Waals surface area contributed by atoms with Crippen LogP contribution in [0, 0.1) is 11.5 Å². The van der Waals surface area contributed by atoms with Gasteiger partial charge in [-0.15, -0.1) is 41.2 Å². The third-order valence-corrected chi connectivity index (χ3v) is 20.7. The molecule has 7 aromatic heterocycles. The molecule has 0 N–H and O–H groups in total. The van der Waals surface area contributed by atoms with E-state index in [2.05, 4.69) is 118 Å². The molecule has 0 saturated carbocycles. The number of carbonyl (C=O) groups is 7. The summed E-state index contributed by atoms with van der Waals surface area (Å²) in [6.07, 6.45) is 6.23. The Morgan fingerprint density at radius 3 is 0.743 bits per heavy atom. The first kappa shape index (κ1) is 88.3. The maximum Gasteiger partial charge on any atom is 0.303 e. The third kappa shape index (κ3) is 34.3. The molecule has 7 aromatic rings. The van der Waals surface area contributed by atoms with Gasteiger partial charge in [-0.25, -0.2) is 32.8 Å². The van der Waals surface area contributed by atoms with E-state index in [1.165, 1.54) is 81.2 Å². The SMILES string of the molecule is CC(=O)O[C@H](COCc1cn(C[C@H](COCC#C[Si](C)(C)C(C)(C)C)OC(C)=O)nn1)Cn1cc(COC[C@@H](Cn2cc(COC[C@H](Cn3cc(COC[C@@H](Cn4cc(COC[C@H](Cn5cc(COC[C@@H](Cn6cc(COC[C@@H]7CO7)nn6)OC(C)=O)nn5)OC(C)=O)nn4)OC(C)=O)nn3)OC(C)=O)nn2)OC(C)=O)nn1. The van der Waals surface area contributed by atoms with E-state index in [1.54, 1.807) is 43.4 Å². The number of hydrogen-bond acceptors (Lipinski definition) is 37. The number of esters is 7. The molecule has 0 unspecified atom stereocenters. The second-order valence-electron chi connectivity index (χ2n) is 27.9. The molecule has 0 bridgehead atoms. The summed E-state index contributed by atoms with van der Waals surface area (Å²) in [6, 6.07) is 0. The Morgan fingerprint density at radius 2 is 0.558 bits per heavy atom. The lowest BCUT2D eigenvalue weighted by Crippen LogP contribution is -2.35. The fraction of sp³-hybridized carbons (Fsp3) is 0.662. The summed E-state index contributed by atoms with van der Waals surface area (Å²) in [5.41, 5.74) is 6.62. The minimum atomic E-state index is -1.80. The van der Waals surface area contributed by atoms with Crippen LogP contribution in [0.1, 0.15) is 109 Å². The molecule has 45 heteroatoms. The summed E-state index contributed by atoms with van der Waals surface area (Å²) in [5, 5.41) is 58.2. The van der Waals surface area contributed by atoms with Crippen LogP contribution in [0.4, 0.5) is 0 Å². The van der Waals surface area contributed by atoms with Crippen LogP contribution in [0.3, 0.4) is 0 Å². The van der Waals surface area contributed by atoms with Crippen molar-refractivity contribution < 1.29 is 109 Å². The van der Waals surface area contributed by atoms with E-state index in [4.69, 9.17) is 75.8 Å². The first-order chi connectivity index (χ1) is 54.0. The number of carbonyl (C=O) groups excluding carboxylic acids is 7. The summed E-state index contributed by atoms with van der Waals surface area (Å²) in [7, 11) is -1.80. The molecule has 0 radical (unpaired) electrons. The maximum absolute atomic E-state index is 12.2. The molecular weight excluding hydrogens is 1510 g/mol. The molecule has 0 aromatic carbocycles. The van der Waals surface area contributed by atoms with Crippen molar-refractivity contribution in [2.24, 2.45) is 0 Å². The minimum Gasteiger partial charge on any atom is -0.458 e. The van der Waals surface area contributed by atoms with Gasteiger partial charge in [0.2, 0.25) is 0 Å². The monoisotopic (exact) mass is 1610 g/mol. The van der Waals surface area contributed by atoms with Gasteiger partial charge in [0.25, 0.3) is 0 Å². The number of epoxide rings is 1. The van der Waals surface area contributed by atoms with Crippen LogP contribution < -0.4 is 0 Å². The van der Waals surface area contributed by atoms with Crippen LogP contribution in [0.5, 0.6) is 0 Å². The van der Waals surface area contributed by atoms with Crippen molar-refractivity contribution in [3.05, 3.63) is 83.2 Å². The van der Waals surface area contributed by atoms with Crippen molar-refractivity contribution in [2.45, 2.75) is 228 Å². The van der Waals surface area contributed by atoms with Crippen LogP contribution in [0.2, 0.25) is 18.1 Å². The number of hydrogen-bond donors (Lipinski definition) is 0. The summed E-state index contributed by atoms with van der Waals surface area (Å²) < 4.78 is 101. The van der Waals surface area contributed by atoms with Crippen molar-refractivity contribution in [3.63, 3.8) is 0 Å². The fourth-order valence-electron chi connectivity index (χ4n) is 10.3. The van der Waals surface area contributed by atoms with E-state index in [0.717, 1.165) is 0 Å². The van der Waals surface area contributed by atoms with Gasteiger partial charge in [0.05, 0.1) is 195 Å². The molecule has 8 heterocycles. The molecular formula is C68H99N21O23Si. The van der Waals surface area contributed by atoms with E-state index in [1.807, 2.05) is 0 Å². The quantitative estimate of drug-likeness (QED) is 0.0126. The van der Waals surface area contributed by atoms with Crippen molar-refractivity contribution in [1.82, 2.24) is 105 Å². The molecule has 1 aliphatic rings. The van der Waals surface area contributed by atoms with Crippen LogP contribution in [0.15, 0.2) is 43.4 Å². The Balaban J connectivity index is 0.711. The molecule has 113 heavy (non-hydrogen) atoms. The van der Waals surface area contributed by atoms with Crippen LogP contribution in [0.25, 0.3) is 0 Å². The van der Waals surface area contributed by atoms with E-state index >= 15 is 0 Å². The molecule has 8 rings (SSSR count). The van der Waals surface area contributed by atoms with Crippen LogP contribution in [-0.2, 0) is 201 Å². The van der Waals surface area contributed by atoms with Crippen molar-refractivity contribution in [1.29, 1.82) is 0 Å². The molecule has 1 aliphatic heterocycles. The lowest BCUT2D eigenvalue weighted by molar-refractivity contribution is -0.151. The number of ether oxygens (including phenoxy) is 16. The minimum absolute atomic E-state index is 0.0203. The smallest absolute Gasteiger partial charge is 0.303 e. The summed E-state index contributed by atoms with van der Waals surface area (Å²) >= 11 is 0. The van der Waals surface area contributed by atoms with Crippen molar-refractivity contribution in [3.8, 4) is 11.5 Å². The highest BCUT2D eigenvalue weighted by atomic mass is 28.3. The zero-order valence-corrected chi connectivity index (χ0v) is 66.4. The molecule has 44 nitrogen and oxygen atoms in total. The van der Waals surface area contributed by atoms with Crippen LogP contribution >= 0.6 is 0 Å². The molecule has 618 valence electrons. The topological polar surface area (TPSA) is 485 Å². The Morgan fingerprint density at radius 1 is 0.363 bits per heavy atom. The molecule has 0 amide bonds. The maximum atomic E-state index is 12.2. The average Bonchev–Trinajstić information content (AvgIpc) is 1.78. The van der Waals surface area contributed by atoms with Crippen LogP contribution in [-0.4, -0.2) is 270 Å². The molecule has 0 spiro atoms.